The number of amides is 2. The number of halogens is 1. The van der Waals surface area contributed by atoms with Crippen LogP contribution in [-0.2, 0) is 14.3 Å². The third-order valence-corrected chi connectivity index (χ3v) is 5.74. The number of aliphatic hydroxyl groups excluding tert-OH is 1. The van der Waals surface area contributed by atoms with E-state index in [9.17, 15) is 14.0 Å². The maximum Gasteiger partial charge on any atom is 0.414 e. The number of methoxy groups -OCH3 is 1. The van der Waals surface area contributed by atoms with E-state index in [1.807, 2.05) is 6.08 Å². The molecular formula is C22H26FN3O5. The number of nitrogens with one attached hydrogen (secondary N) is 1. The summed E-state index contributed by atoms with van der Waals surface area (Å²) in [5, 5.41) is 11.6. The number of ether oxygens (including phenoxy) is 2. The molecule has 3 aliphatic rings. The lowest BCUT2D eigenvalue weighted by atomic mass is 9.92. The summed E-state index contributed by atoms with van der Waals surface area (Å²) < 4.78 is 25.4. The van der Waals surface area contributed by atoms with Crippen molar-refractivity contribution in [3.8, 4) is 0 Å². The van der Waals surface area contributed by atoms with Gasteiger partial charge in [0.2, 0.25) is 0 Å². The zero-order valence-electron chi connectivity index (χ0n) is 17.5. The van der Waals surface area contributed by atoms with Crippen molar-refractivity contribution >= 4 is 23.4 Å². The summed E-state index contributed by atoms with van der Waals surface area (Å²) in [6, 6.07) is 4.37. The second kappa shape index (κ2) is 8.68. The van der Waals surface area contributed by atoms with Crippen LogP contribution in [0.5, 0.6) is 0 Å². The third kappa shape index (κ3) is 4.03. The molecule has 9 heteroatoms. The topological polar surface area (TPSA) is 91.3 Å². The lowest BCUT2D eigenvalue weighted by molar-refractivity contribution is -0.135. The van der Waals surface area contributed by atoms with E-state index in [0.29, 0.717) is 12.1 Å². The number of benzene rings is 1. The average Bonchev–Trinajstić information content (AvgIpc) is 3.24. The van der Waals surface area contributed by atoms with Gasteiger partial charge in [0.05, 0.1) is 31.1 Å². The van der Waals surface area contributed by atoms with E-state index in [2.05, 4.69) is 18.3 Å². The molecule has 2 unspecified atom stereocenters. The van der Waals surface area contributed by atoms with Crippen LogP contribution in [0.15, 0.2) is 41.5 Å². The van der Waals surface area contributed by atoms with Crippen molar-refractivity contribution in [2.24, 2.45) is 5.92 Å². The molecule has 1 aromatic carbocycles. The number of nitrogens with zero attached hydrogens (tertiary/aromatic N) is 2. The molecule has 1 aromatic rings. The first-order chi connectivity index (χ1) is 14.9. The zero-order chi connectivity index (χ0) is 22.1. The van der Waals surface area contributed by atoms with Gasteiger partial charge in [-0.1, -0.05) is 19.1 Å². The molecule has 3 atom stereocenters. The van der Waals surface area contributed by atoms with Gasteiger partial charge in [0.1, 0.15) is 11.9 Å². The van der Waals surface area contributed by atoms with Crippen LogP contribution >= 0.6 is 0 Å². The van der Waals surface area contributed by atoms with E-state index < -0.39 is 24.2 Å². The molecule has 0 saturated carbocycles. The van der Waals surface area contributed by atoms with E-state index >= 15 is 0 Å². The van der Waals surface area contributed by atoms with Crippen molar-refractivity contribution in [2.75, 3.05) is 43.6 Å². The van der Waals surface area contributed by atoms with Crippen LogP contribution in [0.2, 0.25) is 0 Å². The lowest BCUT2D eigenvalue weighted by Crippen LogP contribution is -2.43. The van der Waals surface area contributed by atoms with Crippen molar-refractivity contribution in [1.82, 2.24) is 4.90 Å². The van der Waals surface area contributed by atoms with Gasteiger partial charge < -0.3 is 24.8 Å². The lowest BCUT2D eigenvalue weighted by Gasteiger charge is -2.27. The Balaban J connectivity index is 1.45. The quantitative estimate of drug-likeness (QED) is 0.688. The van der Waals surface area contributed by atoms with Crippen LogP contribution in [-0.4, -0.2) is 67.7 Å². The molecular weight excluding hydrogens is 405 g/mol. The van der Waals surface area contributed by atoms with Crippen molar-refractivity contribution in [3.63, 3.8) is 0 Å². The number of allylic oxidation sites excluding steroid dienone is 1. The Hall–Kier alpha value is -2.91. The largest absolute Gasteiger partial charge is 0.442 e. The predicted octanol–water partition coefficient (Wildman–Crippen LogP) is 2.26. The van der Waals surface area contributed by atoms with Crippen LogP contribution in [0, 0.1) is 11.7 Å². The average molecular weight is 431 g/mol. The van der Waals surface area contributed by atoms with Crippen molar-refractivity contribution < 1.29 is 28.6 Å². The van der Waals surface area contributed by atoms with Crippen LogP contribution in [0.3, 0.4) is 0 Å². The second-order valence-electron chi connectivity index (χ2n) is 7.95. The fraction of sp³-hybridized carbons (Fsp3) is 0.455. The van der Waals surface area contributed by atoms with Gasteiger partial charge in [0.15, 0.2) is 6.23 Å². The molecule has 2 heterocycles. The van der Waals surface area contributed by atoms with Gasteiger partial charge in [0, 0.05) is 24.8 Å². The molecule has 2 amide bonds. The summed E-state index contributed by atoms with van der Waals surface area (Å²) in [6.45, 7) is 2.54. The number of carbonyl (C=O) groups is 2. The molecule has 2 aliphatic heterocycles. The van der Waals surface area contributed by atoms with Crippen molar-refractivity contribution in [3.05, 3.63) is 47.3 Å². The molecule has 0 aromatic heterocycles. The maximum absolute atomic E-state index is 14.3. The van der Waals surface area contributed by atoms with Gasteiger partial charge in [-0.05, 0) is 30.5 Å². The fourth-order valence-electron chi connectivity index (χ4n) is 4.25. The number of carbonyl (C=O) groups excluding carboxylic acids is 2. The highest BCUT2D eigenvalue weighted by Crippen LogP contribution is 2.36. The van der Waals surface area contributed by atoms with Crippen LogP contribution in [0.25, 0.3) is 0 Å². The molecule has 1 aliphatic carbocycles. The first-order valence-electron chi connectivity index (χ1n) is 10.3. The normalized spacial score (nSPS) is 25.4. The van der Waals surface area contributed by atoms with Crippen LogP contribution < -0.4 is 10.2 Å². The first-order valence-corrected chi connectivity index (χ1v) is 10.3. The van der Waals surface area contributed by atoms with Crippen molar-refractivity contribution in [1.29, 1.82) is 0 Å². The molecule has 1 saturated heterocycles. The van der Waals surface area contributed by atoms with Gasteiger partial charge in [-0.15, -0.1) is 0 Å². The molecule has 2 N–H and O–H groups in total. The summed E-state index contributed by atoms with van der Waals surface area (Å²) in [6.07, 6.45) is 3.01. The Kier molecular flexibility index (Phi) is 5.97. The van der Waals surface area contributed by atoms with E-state index in [1.165, 1.54) is 17.0 Å². The Bertz CT molecular complexity index is 947. The molecule has 166 valence electrons. The standard InChI is InChI=1S/C22H26FN3O5/c1-13-3-5-16-17(9-13)20(28)26(21(16)30-2)12-15-11-25(22(29)31-15)14-4-6-19(18(23)10-14)24-7-8-27/h3-6,10,13,15,21,24,27H,7-9,11-12H2,1-2H3/t13?,15-,21?/m1/s1. The van der Waals surface area contributed by atoms with E-state index in [0.717, 1.165) is 11.1 Å². The monoisotopic (exact) mass is 431 g/mol. The number of anilines is 2. The van der Waals surface area contributed by atoms with E-state index in [1.54, 1.807) is 18.1 Å². The minimum Gasteiger partial charge on any atom is -0.442 e. The smallest absolute Gasteiger partial charge is 0.414 e. The van der Waals surface area contributed by atoms with Gasteiger partial charge in [0.25, 0.3) is 5.91 Å². The number of aliphatic hydroxyl groups is 1. The number of rotatable bonds is 7. The molecule has 0 radical (unpaired) electrons. The molecule has 31 heavy (non-hydrogen) atoms. The summed E-state index contributed by atoms with van der Waals surface area (Å²) in [5.74, 6) is -0.350. The molecule has 1 fully saturated rings. The maximum atomic E-state index is 14.3. The Morgan fingerprint density at radius 2 is 2.16 bits per heavy atom. The molecule has 0 spiro atoms. The predicted molar refractivity (Wildman–Crippen MR) is 112 cm³/mol. The fourth-order valence-corrected chi connectivity index (χ4v) is 4.25. The van der Waals surface area contributed by atoms with E-state index in [4.69, 9.17) is 14.6 Å². The highest BCUT2D eigenvalue weighted by atomic mass is 19.1. The van der Waals surface area contributed by atoms with Gasteiger partial charge >= 0.3 is 6.09 Å². The van der Waals surface area contributed by atoms with E-state index in [-0.39, 0.29) is 43.8 Å². The Morgan fingerprint density at radius 3 is 2.87 bits per heavy atom. The number of hydrogen-bond donors (Lipinski definition) is 2. The summed E-state index contributed by atoms with van der Waals surface area (Å²) in [7, 11) is 1.55. The molecule has 4 rings (SSSR count). The van der Waals surface area contributed by atoms with Gasteiger partial charge in [-0.2, -0.15) is 0 Å². The number of cyclic esters (lactones) is 1. The van der Waals surface area contributed by atoms with Crippen molar-refractivity contribution in [2.45, 2.75) is 25.7 Å². The summed E-state index contributed by atoms with van der Waals surface area (Å²) >= 11 is 0. The molecule has 8 nitrogen and oxygen atoms in total. The Morgan fingerprint density at radius 1 is 1.35 bits per heavy atom. The van der Waals surface area contributed by atoms with Crippen LogP contribution in [0.1, 0.15) is 13.3 Å². The van der Waals surface area contributed by atoms with Crippen LogP contribution in [0.4, 0.5) is 20.6 Å². The first kappa shape index (κ1) is 21.3. The Labute approximate surface area is 179 Å². The minimum absolute atomic E-state index is 0.0992. The zero-order valence-corrected chi connectivity index (χ0v) is 17.5. The van der Waals surface area contributed by atoms with Gasteiger partial charge in [-0.25, -0.2) is 9.18 Å². The second-order valence-corrected chi connectivity index (χ2v) is 7.95. The minimum atomic E-state index is -0.590. The highest BCUT2D eigenvalue weighted by molar-refractivity contribution is 5.98. The third-order valence-electron chi connectivity index (χ3n) is 5.74. The number of hydrogen-bond acceptors (Lipinski definition) is 6. The summed E-state index contributed by atoms with van der Waals surface area (Å²) in [4.78, 5) is 28.3. The molecule has 0 bridgehead atoms. The highest BCUT2D eigenvalue weighted by Gasteiger charge is 2.43. The summed E-state index contributed by atoms with van der Waals surface area (Å²) in [5.41, 5.74) is 2.21. The SMILES string of the molecule is COC1C2=C(CC(C)C=C2)C(=O)N1C[C@H]1CN(c2ccc(NCCO)c(F)c2)C(=O)O1. The van der Waals surface area contributed by atoms with Gasteiger partial charge in [-0.3, -0.25) is 9.69 Å².